The van der Waals surface area contributed by atoms with Gasteiger partial charge >= 0.3 is 0 Å². The zero-order valence-electron chi connectivity index (χ0n) is 22.1. The van der Waals surface area contributed by atoms with Gasteiger partial charge in [0.15, 0.2) is 5.82 Å². The molecule has 0 saturated carbocycles. The first kappa shape index (κ1) is 26.4. The Labute approximate surface area is 227 Å². The molecule has 5 rings (SSSR count). The Kier molecular flexibility index (Phi) is 7.90. The number of hydrogen-bond donors (Lipinski definition) is 3. The zero-order valence-corrected chi connectivity index (χ0v) is 22.1. The molecule has 1 aromatic heterocycles. The first-order valence-electron chi connectivity index (χ1n) is 13.5. The minimum absolute atomic E-state index is 0.0106. The molecule has 10 nitrogen and oxygen atoms in total. The number of piperidine rings is 1. The van der Waals surface area contributed by atoms with E-state index in [-0.39, 0.29) is 30.4 Å². The van der Waals surface area contributed by atoms with Crippen molar-refractivity contribution in [2.75, 3.05) is 26.2 Å². The molecule has 3 heterocycles. The summed E-state index contributed by atoms with van der Waals surface area (Å²) in [5.41, 5.74) is 1.39. The minimum atomic E-state index is -0.562. The van der Waals surface area contributed by atoms with Crippen LogP contribution in [-0.4, -0.2) is 70.1 Å². The summed E-state index contributed by atoms with van der Waals surface area (Å²) in [6.07, 6.45) is 4.89. The summed E-state index contributed by atoms with van der Waals surface area (Å²) in [6, 6.07) is 14.2. The van der Waals surface area contributed by atoms with Crippen LogP contribution >= 0.6 is 0 Å². The lowest BCUT2D eigenvalue weighted by Gasteiger charge is -2.41. The molecule has 2 aromatic carbocycles. The SMILES string of the molecule is C[C@@H]1COc2ccccc2C(=O)NCCCCC2(CCN(C(=O)c3ccc(-c4ncn[nH]4)cc3)CC2)C(=O)N1. The van der Waals surface area contributed by atoms with Crippen LogP contribution in [0.3, 0.4) is 0 Å². The van der Waals surface area contributed by atoms with E-state index in [4.69, 9.17) is 4.74 Å². The Morgan fingerprint density at radius 2 is 1.79 bits per heavy atom. The van der Waals surface area contributed by atoms with Gasteiger partial charge < -0.3 is 20.3 Å². The maximum Gasteiger partial charge on any atom is 0.255 e. The summed E-state index contributed by atoms with van der Waals surface area (Å²) in [4.78, 5) is 45.5. The van der Waals surface area contributed by atoms with Crippen molar-refractivity contribution >= 4 is 17.7 Å². The Balaban J connectivity index is 1.24. The van der Waals surface area contributed by atoms with E-state index in [2.05, 4.69) is 25.8 Å². The summed E-state index contributed by atoms with van der Waals surface area (Å²) < 4.78 is 5.93. The van der Waals surface area contributed by atoms with Crippen molar-refractivity contribution in [2.45, 2.75) is 45.1 Å². The second-order valence-electron chi connectivity index (χ2n) is 10.4. The number of rotatable bonds is 2. The molecule has 1 saturated heterocycles. The average molecular weight is 531 g/mol. The quantitative estimate of drug-likeness (QED) is 0.467. The summed E-state index contributed by atoms with van der Waals surface area (Å²) in [5, 5.41) is 12.8. The molecule has 3 N–H and O–H groups in total. The van der Waals surface area contributed by atoms with Gasteiger partial charge in [-0.1, -0.05) is 30.7 Å². The normalized spacial score (nSPS) is 20.2. The third kappa shape index (κ3) is 5.94. The van der Waals surface area contributed by atoms with E-state index in [0.29, 0.717) is 61.6 Å². The molecular weight excluding hydrogens is 496 g/mol. The monoisotopic (exact) mass is 530 g/mol. The fourth-order valence-electron chi connectivity index (χ4n) is 5.33. The number of amides is 3. The summed E-state index contributed by atoms with van der Waals surface area (Å²) in [7, 11) is 0. The number of carbonyl (C=O) groups excluding carboxylic acids is 3. The zero-order chi connectivity index (χ0) is 27.2. The van der Waals surface area contributed by atoms with Crippen LogP contribution in [0, 0.1) is 5.41 Å². The molecule has 1 atom stereocenters. The molecule has 0 radical (unpaired) electrons. The first-order valence-corrected chi connectivity index (χ1v) is 13.5. The van der Waals surface area contributed by atoms with E-state index in [1.807, 2.05) is 36.1 Å². The van der Waals surface area contributed by atoms with Gasteiger partial charge in [0.2, 0.25) is 5.91 Å². The minimum Gasteiger partial charge on any atom is -0.491 e. The predicted octanol–water partition coefficient (Wildman–Crippen LogP) is 3.19. The highest BCUT2D eigenvalue weighted by Gasteiger charge is 2.42. The van der Waals surface area contributed by atoms with Crippen molar-refractivity contribution < 1.29 is 19.1 Å². The van der Waals surface area contributed by atoms with E-state index in [1.54, 1.807) is 24.3 Å². The number of H-pyrrole nitrogens is 1. The lowest BCUT2D eigenvalue weighted by Crippen LogP contribution is -2.52. The second kappa shape index (κ2) is 11.7. The number of aromatic nitrogens is 3. The molecule has 204 valence electrons. The predicted molar refractivity (Wildman–Crippen MR) is 145 cm³/mol. The molecule has 1 fully saturated rings. The largest absolute Gasteiger partial charge is 0.491 e. The summed E-state index contributed by atoms with van der Waals surface area (Å²) in [5.74, 6) is 0.963. The van der Waals surface area contributed by atoms with E-state index >= 15 is 0 Å². The van der Waals surface area contributed by atoms with Crippen LogP contribution in [0.25, 0.3) is 11.4 Å². The maximum absolute atomic E-state index is 13.6. The molecule has 10 heteroatoms. The topological polar surface area (TPSA) is 129 Å². The maximum atomic E-state index is 13.6. The number of likely N-dealkylation sites (tertiary alicyclic amines) is 1. The number of nitrogens with one attached hydrogen (secondary N) is 3. The number of carbonyl (C=O) groups is 3. The van der Waals surface area contributed by atoms with Gasteiger partial charge in [-0.15, -0.1) is 0 Å². The van der Waals surface area contributed by atoms with Crippen LogP contribution in [0.2, 0.25) is 0 Å². The van der Waals surface area contributed by atoms with Crippen molar-refractivity contribution in [2.24, 2.45) is 5.41 Å². The lowest BCUT2D eigenvalue weighted by atomic mass is 9.73. The molecular formula is C29H34N6O4. The standard InChI is InChI=1S/C29H34N6O4/c1-20-18-39-24-7-3-2-6-23(24)26(36)30-15-5-4-12-29(28(38)33-20)13-16-35(17-14-29)27(37)22-10-8-21(9-11-22)25-31-19-32-34-25/h2-3,6-11,19-20H,4-5,12-18H2,1H3,(H,30,36)(H,33,38)(H,31,32,34)/t20-/m1/s1. The van der Waals surface area contributed by atoms with Crippen LogP contribution < -0.4 is 15.4 Å². The van der Waals surface area contributed by atoms with Crippen LogP contribution in [0.1, 0.15) is 59.7 Å². The number of hydrogen-bond acceptors (Lipinski definition) is 6. The van der Waals surface area contributed by atoms with Crippen molar-refractivity contribution in [3.8, 4) is 17.1 Å². The van der Waals surface area contributed by atoms with Gasteiger partial charge in [-0.25, -0.2) is 4.98 Å². The molecule has 2 aliphatic heterocycles. The second-order valence-corrected chi connectivity index (χ2v) is 10.4. The van der Waals surface area contributed by atoms with E-state index in [1.165, 1.54) is 6.33 Å². The Hall–Kier alpha value is -4.21. The van der Waals surface area contributed by atoms with Gasteiger partial charge in [-0.05, 0) is 56.9 Å². The van der Waals surface area contributed by atoms with Crippen LogP contribution in [0.4, 0.5) is 0 Å². The molecule has 3 amide bonds. The molecule has 0 bridgehead atoms. The number of fused-ring (bicyclic) bond motifs is 1. The Bertz CT molecular complexity index is 1300. The smallest absolute Gasteiger partial charge is 0.255 e. The molecule has 2 aliphatic rings. The fourth-order valence-corrected chi connectivity index (χ4v) is 5.33. The van der Waals surface area contributed by atoms with Gasteiger partial charge in [0.1, 0.15) is 18.7 Å². The van der Waals surface area contributed by atoms with Gasteiger partial charge in [-0.3, -0.25) is 19.5 Å². The van der Waals surface area contributed by atoms with Crippen LogP contribution in [-0.2, 0) is 4.79 Å². The highest BCUT2D eigenvalue weighted by atomic mass is 16.5. The number of nitrogens with zero attached hydrogens (tertiary/aromatic N) is 3. The first-order chi connectivity index (χ1) is 18.9. The highest BCUT2D eigenvalue weighted by molar-refractivity contribution is 5.97. The number of aromatic amines is 1. The number of ether oxygens (including phenoxy) is 1. The van der Waals surface area contributed by atoms with E-state index in [0.717, 1.165) is 18.4 Å². The molecule has 3 aromatic rings. The Morgan fingerprint density at radius 3 is 2.54 bits per heavy atom. The van der Waals surface area contributed by atoms with E-state index < -0.39 is 5.41 Å². The fraction of sp³-hybridized carbons (Fsp3) is 0.414. The van der Waals surface area contributed by atoms with E-state index in [9.17, 15) is 14.4 Å². The van der Waals surface area contributed by atoms with Gasteiger partial charge in [0.05, 0.1) is 17.0 Å². The van der Waals surface area contributed by atoms with Crippen molar-refractivity contribution in [3.05, 3.63) is 66.0 Å². The van der Waals surface area contributed by atoms with Crippen LogP contribution in [0.15, 0.2) is 54.9 Å². The number of benzene rings is 2. The summed E-state index contributed by atoms with van der Waals surface area (Å²) >= 11 is 0. The van der Waals surface area contributed by atoms with Crippen molar-refractivity contribution in [1.82, 2.24) is 30.7 Å². The van der Waals surface area contributed by atoms with Crippen molar-refractivity contribution in [3.63, 3.8) is 0 Å². The third-order valence-corrected chi connectivity index (χ3v) is 7.68. The molecule has 0 aliphatic carbocycles. The molecule has 0 unspecified atom stereocenters. The van der Waals surface area contributed by atoms with Gasteiger partial charge in [0, 0.05) is 30.8 Å². The van der Waals surface area contributed by atoms with Crippen molar-refractivity contribution in [1.29, 1.82) is 0 Å². The average Bonchev–Trinajstić information content (AvgIpc) is 3.51. The Morgan fingerprint density at radius 1 is 1.03 bits per heavy atom. The van der Waals surface area contributed by atoms with Crippen LogP contribution in [0.5, 0.6) is 5.75 Å². The van der Waals surface area contributed by atoms with Gasteiger partial charge in [-0.2, -0.15) is 5.10 Å². The third-order valence-electron chi connectivity index (χ3n) is 7.68. The highest BCUT2D eigenvalue weighted by Crippen LogP contribution is 2.38. The number of para-hydroxylation sites is 1. The lowest BCUT2D eigenvalue weighted by molar-refractivity contribution is -0.135. The van der Waals surface area contributed by atoms with Gasteiger partial charge in [0.25, 0.3) is 11.8 Å². The summed E-state index contributed by atoms with van der Waals surface area (Å²) in [6.45, 7) is 3.69. The molecule has 39 heavy (non-hydrogen) atoms. The molecule has 1 spiro atoms.